The molecule has 0 radical (unpaired) electrons. The molecule has 3 aromatic rings. The largest absolute Gasteiger partial charge is 0.489 e. The number of hydrogen-bond acceptors (Lipinski definition) is 3. The number of aryl methyl sites for hydroxylation is 1. The minimum Gasteiger partial charge on any atom is -0.489 e. The number of ether oxygens (including phenoxy) is 1. The summed E-state index contributed by atoms with van der Waals surface area (Å²) in [5.74, 6) is 0.515. The number of rotatable bonds is 7. The molecule has 170 valence electrons. The number of aromatic nitrogens is 1. The predicted octanol–water partition coefficient (Wildman–Crippen LogP) is 5.74. The van der Waals surface area contributed by atoms with Gasteiger partial charge in [0.2, 0.25) is 0 Å². The molecule has 0 bridgehead atoms. The highest BCUT2D eigenvalue weighted by Gasteiger charge is 2.32. The lowest BCUT2D eigenvalue weighted by atomic mass is 10.2. The molecule has 1 aliphatic heterocycles. The van der Waals surface area contributed by atoms with Gasteiger partial charge < -0.3 is 14.6 Å². The van der Waals surface area contributed by atoms with Crippen LogP contribution in [0.4, 0.5) is 4.79 Å². The number of carbonyl (C=O) groups is 2. The summed E-state index contributed by atoms with van der Waals surface area (Å²) in [7, 11) is 0. The number of amides is 3. The van der Waals surface area contributed by atoms with Crippen molar-refractivity contribution in [3.63, 3.8) is 0 Å². The second kappa shape index (κ2) is 9.67. The maximum absolute atomic E-state index is 12.6. The van der Waals surface area contributed by atoms with Gasteiger partial charge in [0.1, 0.15) is 18.1 Å². The molecule has 1 aromatic heterocycles. The molecular weight excluding hydrogens is 482 g/mol. The molecular formula is C26H26BrN3O3. The Bertz CT molecular complexity index is 1210. The summed E-state index contributed by atoms with van der Waals surface area (Å²) < 4.78 is 9.08. The topological polar surface area (TPSA) is 63.6 Å². The predicted molar refractivity (Wildman–Crippen MR) is 132 cm³/mol. The van der Waals surface area contributed by atoms with E-state index in [2.05, 4.69) is 25.8 Å². The van der Waals surface area contributed by atoms with Crippen LogP contribution in [0.1, 0.15) is 35.9 Å². The SMILES string of the molecule is CCCN1C(=O)N/C(=C/c2cc(C)n(-c3ccc(OCc4ccc(Br)cc4)cc3)c2C)C1=O. The molecule has 2 heterocycles. The number of hydrogen-bond donors (Lipinski definition) is 1. The van der Waals surface area contributed by atoms with E-state index in [1.807, 2.05) is 75.4 Å². The zero-order valence-electron chi connectivity index (χ0n) is 18.9. The minimum absolute atomic E-state index is 0.279. The highest BCUT2D eigenvalue weighted by Crippen LogP contribution is 2.25. The van der Waals surface area contributed by atoms with Crippen LogP contribution >= 0.6 is 15.9 Å². The summed E-state index contributed by atoms with van der Waals surface area (Å²) in [6, 6.07) is 17.6. The van der Waals surface area contributed by atoms with E-state index in [-0.39, 0.29) is 11.9 Å². The zero-order chi connectivity index (χ0) is 23.5. The number of benzene rings is 2. The van der Waals surface area contributed by atoms with E-state index in [1.165, 1.54) is 4.90 Å². The van der Waals surface area contributed by atoms with Crippen LogP contribution in [0.3, 0.4) is 0 Å². The summed E-state index contributed by atoms with van der Waals surface area (Å²) in [6.45, 7) is 6.87. The Morgan fingerprint density at radius 1 is 1.03 bits per heavy atom. The van der Waals surface area contributed by atoms with Gasteiger partial charge in [-0.1, -0.05) is 35.0 Å². The Kier molecular flexibility index (Phi) is 6.70. The van der Waals surface area contributed by atoms with Crippen molar-refractivity contribution >= 4 is 33.9 Å². The van der Waals surface area contributed by atoms with Crippen LogP contribution in [0.15, 0.2) is 64.8 Å². The Morgan fingerprint density at radius 3 is 2.39 bits per heavy atom. The van der Waals surface area contributed by atoms with E-state index in [1.54, 1.807) is 6.08 Å². The molecule has 7 heteroatoms. The number of carbonyl (C=O) groups excluding carboxylic acids is 2. The Balaban J connectivity index is 1.51. The molecule has 4 rings (SSSR count). The van der Waals surface area contributed by atoms with Crippen LogP contribution in [0, 0.1) is 13.8 Å². The summed E-state index contributed by atoms with van der Waals surface area (Å²) in [4.78, 5) is 25.9. The van der Waals surface area contributed by atoms with Crippen molar-refractivity contribution in [3.8, 4) is 11.4 Å². The Labute approximate surface area is 202 Å². The lowest BCUT2D eigenvalue weighted by Gasteiger charge is -2.12. The van der Waals surface area contributed by atoms with Gasteiger partial charge in [-0.05, 0) is 79.9 Å². The third-order valence-electron chi connectivity index (χ3n) is 5.59. The first kappa shape index (κ1) is 22.9. The van der Waals surface area contributed by atoms with Crippen molar-refractivity contribution in [1.29, 1.82) is 0 Å². The number of nitrogens with one attached hydrogen (secondary N) is 1. The van der Waals surface area contributed by atoms with Gasteiger partial charge in [0.05, 0.1) is 0 Å². The highest BCUT2D eigenvalue weighted by atomic mass is 79.9. The summed E-state index contributed by atoms with van der Waals surface area (Å²) >= 11 is 3.44. The van der Waals surface area contributed by atoms with Crippen LogP contribution in [0.25, 0.3) is 11.8 Å². The molecule has 1 saturated heterocycles. The second-order valence-corrected chi connectivity index (χ2v) is 8.93. The van der Waals surface area contributed by atoms with Gasteiger partial charge in [-0.3, -0.25) is 9.69 Å². The molecule has 1 fully saturated rings. The van der Waals surface area contributed by atoms with Gasteiger partial charge in [-0.15, -0.1) is 0 Å². The monoisotopic (exact) mass is 507 g/mol. The van der Waals surface area contributed by atoms with Gasteiger partial charge in [0.15, 0.2) is 0 Å². The van der Waals surface area contributed by atoms with Crippen LogP contribution in [-0.2, 0) is 11.4 Å². The first-order chi connectivity index (χ1) is 15.9. The molecule has 0 spiro atoms. The maximum Gasteiger partial charge on any atom is 0.329 e. The molecule has 0 saturated carbocycles. The molecule has 1 N–H and O–H groups in total. The van der Waals surface area contributed by atoms with Gasteiger partial charge in [0.25, 0.3) is 5.91 Å². The average Bonchev–Trinajstić information content (AvgIpc) is 3.23. The van der Waals surface area contributed by atoms with Gasteiger partial charge in [-0.2, -0.15) is 0 Å². The quantitative estimate of drug-likeness (QED) is 0.327. The fraction of sp³-hybridized carbons (Fsp3) is 0.231. The van der Waals surface area contributed by atoms with Crippen molar-refractivity contribution in [2.24, 2.45) is 0 Å². The van der Waals surface area contributed by atoms with Crippen LogP contribution in [-0.4, -0.2) is 28.0 Å². The number of halogens is 1. The number of urea groups is 1. The van der Waals surface area contributed by atoms with E-state index in [4.69, 9.17) is 4.74 Å². The van der Waals surface area contributed by atoms with E-state index < -0.39 is 0 Å². The average molecular weight is 508 g/mol. The van der Waals surface area contributed by atoms with Crippen LogP contribution in [0.2, 0.25) is 0 Å². The zero-order valence-corrected chi connectivity index (χ0v) is 20.5. The smallest absolute Gasteiger partial charge is 0.329 e. The van der Waals surface area contributed by atoms with Crippen molar-refractivity contribution in [2.75, 3.05) is 6.54 Å². The Morgan fingerprint density at radius 2 is 1.73 bits per heavy atom. The molecule has 0 atom stereocenters. The fourth-order valence-electron chi connectivity index (χ4n) is 3.92. The van der Waals surface area contributed by atoms with Crippen molar-refractivity contribution < 1.29 is 14.3 Å². The number of imide groups is 1. The fourth-order valence-corrected chi connectivity index (χ4v) is 4.19. The molecule has 0 unspecified atom stereocenters. The van der Waals surface area contributed by atoms with Crippen molar-refractivity contribution in [3.05, 3.63) is 87.3 Å². The van der Waals surface area contributed by atoms with Gasteiger partial charge in [-0.25, -0.2) is 4.79 Å². The highest BCUT2D eigenvalue weighted by molar-refractivity contribution is 9.10. The summed E-state index contributed by atoms with van der Waals surface area (Å²) in [5, 5.41) is 2.69. The van der Waals surface area contributed by atoms with E-state index in [0.717, 1.165) is 44.8 Å². The maximum atomic E-state index is 12.6. The lowest BCUT2D eigenvalue weighted by Crippen LogP contribution is -2.31. The van der Waals surface area contributed by atoms with Gasteiger partial charge in [0, 0.05) is 28.1 Å². The first-order valence-corrected chi connectivity index (χ1v) is 11.7. The van der Waals surface area contributed by atoms with E-state index in [0.29, 0.717) is 18.8 Å². The van der Waals surface area contributed by atoms with E-state index in [9.17, 15) is 9.59 Å². The molecule has 0 aliphatic carbocycles. The third kappa shape index (κ3) is 4.88. The Hall–Kier alpha value is -3.32. The lowest BCUT2D eigenvalue weighted by molar-refractivity contribution is -0.122. The molecule has 6 nitrogen and oxygen atoms in total. The van der Waals surface area contributed by atoms with Crippen molar-refractivity contribution in [1.82, 2.24) is 14.8 Å². The van der Waals surface area contributed by atoms with Crippen molar-refractivity contribution in [2.45, 2.75) is 33.8 Å². The number of nitrogens with zero attached hydrogens (tertiary/aromatic N) is 2. The third-order valence-corrected chi connectivity index (χ3v) is 6.12. The molecule has 1 aliphatic rings. The normalized spacial score (nSPS) is 14.8. The molecule has 2 aromatic carbocycles. The first-order valence-electron chi connectivity index (χ1n) is 10.9. The van der Waals surface area contributed by atoms with Crippen LogP contribution in [0.5, 0.6) is 5.75 Å². The molecule has 33 heavy (non-hydrogen) atoms. The second-order valence-electron chi connectivity index (χ2n) is 8.02. The van der Waals surface area contributed by atoms with Crippen LogP contribution < -0.4 is 10.1 Å². The molecule has 3 amide bonds. The summed E-state index contributed by atoms with van der Waals surface area (Å²) in [5.41, 5.74) is 5.32. The van der Waals surface area contributed by atoms with Gasteiger partial charge >= 0.3 is 6.03 Å². The standard InChI is InChI=1S/C26H26BrN3O3/c1-4-13-29-25(31)24(28-26(29)32)15-20-14-17(2)30(18(20)3)22-9-11-23(12-10-22)33-16-19-5-7-21(27)8-6-19/h5-12,14-15H,4,13,16H2,1-3H3,(H,28,32)/b24-15+. The summed E-state index contributed by atoms with van der Waals surface area (Å²) in [6.07, 6.45) is 2.48. The van der Waals surface area contributed by atoms with E-state index >= 15 is 0 Å². The minimum atomic E-state index is -0.361.